The van der Waals surface area contributed by atoms with Gasteiger partial charge in [0.1, 0.15) is 5.82 Å². The highest BCUT2D eigenvalue weighted by Gasteiger charge is 2.29. The number of aromatic nitrogens is 1. The lowest BCUT2D eigenvalue weighted by molar-refractivity contribution is -0.139. The summed E-state index contributed by atoms with van der Waals surface area (Å²) in [6.45, 7) is 2.61. The van der Waals surface area contributed by atoms with Gasteiger partial charge in [0.15, 0.2) is 0 Å². The Morgan fingerprint density at radius 1 is 1.40 bits per heavy atom. The first-order chi connectivity index (χ1) is 12.2. The largest absolute Gasteiger partial charge is 0.385 e. The molecule has 7 heteroatoms. The Hall–Kier alpha value is -2.25. The van der Waals surface area contributed by atoms with Gasteiger partial charge in [0.05, 0.1) is 6.10 Å². The number of rotatable bonds is 7. The molecule has 1 fully saturated rings. The van der Waals surface area contributed by atoms with Crippen molar-refractivity contribution in [1.29, 1.82) is 0 Å². The molecule has 7 nitrogen and oxygen atoms in total. The summed E-state index contributed by atoms with van der Waals surface area (Å²) in [5, 5.41) is 2.75. The third-order valence-electron chi connectivity index (χ3n) is 4.29. The van der Waals surface area contributed by atoms with Crippen molar-refractivity contribution in [2.24, 2.45) is 0 Å². The molecule has 1 N–H and O–H groups in total. The first-order valence-electron chi connectivity index (χ1n) is 8.52. The van der Waals surface area contributed by atoms with Crippen LogP contribution in [0.2, 0.25) is 0 Å². The van der Waals surface area contributed by atoms with E-state index in [4.69, 9.17) is 9.47 Å². The maximum Gasteiger partial charge on any atom is 0.246 e. The van der Waals surface area contributed by atoms with Gasteiger partial charge >= 0.3 is 0 Å². The van der Waals surface area contributed by atoms with E-state index < -0.39 is 0 Å². The van der Waals surface area contributed by atoms with Gasteiger partial charge in [-0.05, 0) is 36.1 Å². The number of carbonyl (C=O) groups excluding carboxylic acids is 2. The molecule has 0 atom stereocenters. The molecule has 2 amide bonds. The monoisotopic (exact) mass is 345 g/mol. The molecule has 134 valence electrons. The van der Waals surface area contributed by atoms with Crippen molar-refractivity contribution in [2.45, 2.75) is 25.4 Å². The van der Waals surface area contributed by atoms with Crippen LogP contribution in [0.25, 0.3) is 6.08 Å². The highest BCUT2D eigenvalue weighted by Crippen LogP contribution is 2.21. The predicted molar refractivity (Wildman–Crippen MR) is 93.0 cm³/mol. The molecule has 0 aromatic carbocycles. The molecule has 2 aliphatic heterocycles. The fourth-order valence-electron chi connectivity index (χ4n) is 2.82. The van der Waals surface area contributed by atoms with E-state index in [-0.39, 0.29) is 17.9 Å². The number of likely N-dealkylation sites (tertiary alicyclic amines) is 1. The molecule has 1 aromatic heterocycles. The van der Waals surface area contributed by atoms with E-state index in [2.05, 4.69) is 10.3 Å². The first kappa shape index (κ1) is 17.6. The van der Waals surface area contributed by atoms with Gasteiger partial charge in [-0.1, -0.05) is 0 Å². The number of ether oxygens (including phenoxy) is 2. The second kappa shape index (κ2) is 8.22. The number of aryl methyl sites for hydroxylation is 1. The molecular weight excluding hydrogens is 322 g/mol. The molecular formula is C18H23N3O4. The lowest BCUT2D eigenvalue weighted by atomic mass is 10.0. The normalized spacial score (nSPS) is 17.3. The summed E-state index contributed by atoms with van der Waals surface area (Å²) >= 11 is 0. The summed E-state index contributed by atoms with van der Waals surface area (Å²) in [4.78, 5) is 29.5. The van der Waals surface area contributed by atoms with Crippen LogP contribution < -0.4 is 5.32 Å². The van der Waals surface area contributed by atoms with Crippen LogP contribution in [0.3, 0.4) is 0 Å². The topological polar surface area (TPSA) is 80.8 Å². The van der Waals surface area contributed by atoms with Crippen LogP contribution in [-0.4, -0.2) is 61.2 Å². The number of fused-ring (bicyclic) bond motifs is 1. The van der Waals surface area contributed by atoms with Crippen LogP contribution in [0.4, 0.5) is 5.82 Å². The average molecular weight is 345 g/mol. The van der Waals surface area contributed by atoms with E-state index in [0.29, 0.717) is 45.0 Å². The smallest absolute Gasteiger partial charge is 0.246 e. The minimum atomic E-state index is -0.0252. The molecule has 3 heterocycles. The first-order valence-corrected chi connectivity index (χ1v) is 8.52. The molecule has 2 aliphatic rings. The Balaban J connectivity index is 1.45. The summed E-state index contributed by atoms with van der Waals surface area (Å²) in [6, 6.07) is 1.96. The summed E-state index contributed by atoms with van der Waals surface area (Å²) in [5.41, 5.74) is 1.86. The Kier molecular flexibility index (Phi) is 5.78. The van der Waals surface area contributed by atoms with Gasteiger partial charge < -0.3 is 19.7 Å². The Labute approximate surface area is 147 Å². The fourth-order valence-corrected chi connectivity index (χ4v) is 2.82. The second-order valence-electron chi connectivity index (χ2n) is 6.24. The van der Waals surface area contributed by atoms with Crippen LogP contribution in [-0.2, 0) is 25.5 Å². The van der Waals surface area contributed by atoms with Gasteiger partial charge in [-0.15, -0.1) is 0 Å². The number of anilines is 1. The zero-order chi connectivity index (χ0) is 17.6. The van der Waals surface area contributed by atoms with Crippen molar-refractivity contribution in [3.8, 4) is 0 Å². The van der Waals surface area contributed by atoms with Crippen molar-refractivity contribution >= 4 is 23.7 Å². The van der Waals surface area contributed by atoms with E-state index in [1.807, 2.05) is 6.07 Å². The SMILES string of the molecule is COCCCOC1CN(C(=O)/C=C/c2cnc3c(c2)CCC(=O)N3)C1. The molecule has 1 aromatic rings. The fraction of sp³-hybridized carbons (Fsp3) is 0.500. The lowest BCUT2D eigenvalue weighted by Crippen LogP contribution is -2.54. The van der Waals surface area contributed by atoms with E-state index in [1.54, 1.807) is 30.4 Å². The number of carbonyl (C=O) groups is 2. The third kappa shape index (κ3) is 4.64. The van der Waals surface area contributed by atoms with Crippen LogP contribution in [0, 0.1) is 0 Å². The molecule has 0 unspecified atom stereocenters. The number of hydrogen-bond donors (Lipinski definition) is 1. The molecule has 0 radical (unpaired) electrons. The van der Waals surface area contributed by atoms with Crippen molar-refractivity contribution in [1.82, 2.24) is 9.88 Å². The maximum absolute atomic E-state index is 12.1. The number of nitrogens with zero attached hydrogens (tertiary/aromatic N) is 2. The van der Waals surface area contributed by atoms with Crippen LogP contribution in [0.1, 0.15) is 24.0 Å². The van der Waals surface area contributed by atoms with Crippen molar-refractivity contribution in [2.75, 3.05) is 38.7 Å². The van der Waals surface area contributed by atoms with E-state index >= 15 is 0 Å². The number of nitrogens with one attached hydrogen (secondary N) is 1. The standard InChI is InChI=1S/C18H23N3O4/c1-24-7-2-8-25-15-11-21(12-15)17(23)6-3-13-9-14-4-5-16(22)20-18(14)19-10-13/h3,6,9-10,15H,2,4-5,7-8,11-12H2,1H3,(H,19,20,22)/b6-3+. The van der Waals surface area contributed by atoms with Gasteiger partial charge in [-0.2, -0.15) is 0 Å². The van der Waals surface area contributed by atoms with E-state index in [0.717, 1.165) is 17.5 Å². The lowest BCUT2D eigenvalue weighted by Gasteiger charge is -2.38. The summed E-state index contributed by atoms with van der Waals surface area (Å²) < 4.78 is 10.6. The molecule has 0 saturated carbocycles. The van der Waals surface area contributed by atoms with Gasteiger partial charge in [-0.25, -0.2) is 4.98 Å². The number of pyridine rings is 1. The molecule has 25 heavy (non-hydrogen) atoms. The highest BCUT2D eigenvalue weighted by atomic mass is 16.5. The highest BCUT2D eigenvalue weighted by molar-refractivity contribution is 5.94. The average Bonchev–Trinajstić information content (AvgIpc) is 2.58. The predicted octanol–water partition coefficient (Wildman–Crippen LogP) is 1.24. The van der Waals surface area contributed by atoms with Crippen molar-refractivity contribution in [3.63, 3.8) is 0 Å². The van der Waals surface area contributed by atoms with Crippen LogP contribution in [0.5, 0.6) is 0 Å². The molecule has 1 saturated heterocycles. The van der Waals surface area contributed by atoms with Crippen LogP contribution in [0.15, 0.2) is 18.3 Å². The molecule has 0 bridgehead atoms. The number of methoxy groups -OCH3 is 1. The molecule has 0 aliphatic carbocycles. The van der Waals surface area contributed by atoms with Crippen molar-refractivity contribution < 1.29 is 19.1 Å². The summed E-state index contributed by atoms with van der Waals surface area (Å²) in [7, 11) is 1.67. The Bertz CT molecular complexity index is 668. The molecule has 3 rings (SSSR count). The minimum Gasteiger partial charge on any atom is -0.385 e. The van der Waals surface area contributed by atoms with Crippen molar-refractivity contribution in [3.05, 3.63) is 29.5 Å². The number of hydrogen-bond acceptors (Lipinski definition) is 5. The quantitative estimate of drug-likeness (QED) is 0.594. The van der Waals surface area contributed by atoms with Gasteiger partial charge in [0, 0.05) is 52.1 Å². The Morgan fingerprint density at radius 2 is 2.24 bits per heavy atom. The molecule has 0 spiro atoms. The minimum absolute atomic E-state index is 0.00440. The van der Waals surface area contributed by atoms with Crippen LogP contribution >= 0.6 is 0 Å². The third-order valence-corrected chi connectivity index (χ3v) is 4.29. The summed E-state index contributed by atoms with van der Waals surface area (Å²) in [6.07, 6.45) is 7.13. The van der Waals surface area contributed by atoms with Gasteiger partial charge in [-0.3, -0.25) is 9.59 Å². The zero-order valence-corrected chi connectivity index (χ0v) is 14.4. The van der Waals surface area contributed by atoms with E-state index in [1.165, 1.54) is 0 Å². The maximum atomic E-state index is 12.1. The number of amides is 2. The Morgan fingerprint density at radius 3 is 3.04 bits per heavy atom. The second-order valence-corrected chi connectivity index (χ2v) is 6.24. The van der Waals surface area contributed by atoms with E-state index in [9.17, 15) is 9.59 Å². The van der Waals surface area contributed by atoms with Gasteiger partial charge in [0.25, 0.3) is 0 Å². The zero-order valence-electron chi connectivity index (χ0n) is 14.4. The van der Waals surface area contributed by atoms with Gasteiger partial charge in [0.2, 0.25) is 11.8 Å². The summed E-state index contributed by atoms with van der Waals surface area (Å²) in [5.74, 6) is 0.592.